The summed E-state index contributed by atoms with van der Waals surface area (Å²) in [5, 5.41) is 19.3. The molecular formula is C16H32Br2N4O6. The van der Waals surface area contributed by atoms with E-state index in [1.807, 2.05) is 38.3 Å². The molecule has 0 radical (unpaired) electrons. The third-order valence-corrected chi connectivity index (χ3v) is 6.59. The Kier molecular flexibility index (Phi) is 18.8. The highest BCUT2D eigenvalue weighted by molar-refractivity contribution is 9.10. The fourth-order valence-electron chi connectivity index (χ4n) is 1.59. The lowest BCUT2D eigenvalue weighted by Crippen LogP contribution is -2.46. The van der Waals surface area contributed by atoms with Crippen LogP contribution in [0.4, 0.5) is 9.59 Å². The van der Waals surface area contributed by atoms with Gasteiger partial charge in [-0.15, -0.1) is 0 Å². The third kappa shape index (κ3) is 13.9. The molecule has 0 unspecified atom stereocenters. The number of imide groups is 2. The highest BCUT2D eigenvalue weighted by Gasteiger charge is 2.32. The van der Waals surface area contributed by atoms with E-state index in [2.05, 4.69) is 31.9 Å². The summed E-state index contributed by atoms with van der Waals surface area (Å²) in [5.41, 5.74) is 9.62. The minimum Gasteiger partial charge on any atom is -0.394 e. The Hall–Kier alpha value is -1.24. The van der Waals surface area contributed by atoms with Crippen LogP contribution in [0.15, 0.2) is 0 Å². The average Bonchev–Trinajstić information content (AvgIpc) is 2.66. The van der Waals surface area contributed by atoms with Crippen LogP contribution in [0.2, 0.25) is 0 Å². The zero-order valence-corrected chi connectivity index (χ0v) is 19.9. The Balaban J connectivity index is -0.000000375. The first-order chi connectivity index (χ1) is 12.8. The Labute approximate surface area is 182 Å². The van der Waals surface area contributed by atoms with Crippen molar-refractivity contribution in [3.63, 3.8) is 0 Å². The molecule has 0 aromatic heterocycles. The van der Waals surface area contributed by atoms with E-state index in [0.717, 1.165) is 0 Å². The number of hydrogen-bond acceptors (Lipinski definition) is 6. The van der Waals surface area contributed by atoms with Crippen LogP contribution in [0.5, 0.6) is 0 Å². The van der Waals surface area contributed by atoms with Crippen LogP contribution in [-0.2, 0) is 9.59 Å². The molecule has 0 aliphatic rings. The van der Waals surface area contributed by atoms with Gasteiger partial charge in [0.25, 0.3) is 0 Å². The second kappa shape index (κ2) is 16.7. The summed E-state index contributed by atoms with van der Waals surface area (Å²) in [5.74, 6) is -0.750. The second-order valence-electron chi connectivity index (χ2n) is 5.43. The van der Waals surface area contributed by atoms with Crippen molar-refractivity contribution in [2.75, 3.05) is 13.2 Å². The van der Waals surface area contributed by atoms with Crippen molar-refractivity contribution in [2.45, 2.75) is 62.0 Å². The van der Waals surface area contributed by atoms with E-state index in [4.69, 9.17) is 21.7 Å². The minimum absolute atomic E-state index is 0.125. The van der Waals surface area contributed by atoms with Crippen LogP contribution >= 0.6 is 31.9 Å². The van der Waals surface area contributed by atoms with Crippen LogP contribution in [0, 0.1) is 0 Å². The molecule has 0 aromatic rings. The molecule has 10 nitrogen and oxygen atoms in total. The predicted molar refractivity (Wildman–Crippen MR) is 114 cm³/mol. The molecular weight excluding hydrogens is 504 g/mol. The number of primary amides is 2. The van der Waals surface area contributed by atoms with Gasteiger partial charge in [0.15, 0.2) is 0 Å². The van der Waals surface area contributed by atoms with Crippen molar-refractivity contribution in [1.82, 2.24) is 10.6 Å². The highest BCUT2D eigenvalue weighted by atomic mass is 79.9. The molecule has 0 fully saturated rings. The Morgan fingerprint density at radius 3 is 1.04 bits per heavy atom. The molecule has 6 amide bonds. The molecule has 166 valence electrons. The number of carbonyl (C=O) groups is 4. The van der Waals surface area contributed by atoms with Gasteiger partial charge in [0.05, 0.1) is 13.2 Å². The maximum Gasteiger partial charge on any atom is 0.318 e. The van der Waals surface area contributed by atoms with E-state index in [9.17, 15) is 19.2 Å². The lowest BCUT2D eigenvalue weighted by Gasteiger charge is -2.21. The van der Waals surface area contributed by atoms with Gasteiger partial charge in [-0.25, -0.2) is 9.59 Å². The number of alkyl halides is 2. The van der Waals surface area contributed by atoms with Crippen molar-refractivity contribution in [3.05, 3.63) is 0 Å². The van der Waals surface area contributed by atoms with Gasteiger partial charge in [-0.3, -0.25) is 20.2 Å². The topological polar surface area (TPSA) is 185 Å². The minimum atomic E-state index is -0.814. The third-order valence-electron chi connectivity index (χ3n) is 3.63. The SMILES string of the molecule is CCC(Br)(CC)C(=O)NC(N)=O.CCC(Br)(CC)C(=O)NC(N)=O.OCCO. The molecule has 0 spiro atoms. The largest absolute Gasteiger partial charge is 0.394 e. The van der Waals surface area contributed by atoms with Crippen molar-refractivity contribution >= 4 is 55.7 Å². The van der Waals surface area contributed by atoms with Crippen LogP contribution in [-0.4, -0.2) is 56.0 Å². The van der Waals surface area contributed by atoms with Gasteiger partial charge < -0.3 is 21.7 Å². The summed E-state index contributed by atoms with van der Waals surface area (Å²) in [4.78, 5) is 43.3. The van der Waals surface area contributed by atoms with Gasteiger partial charge in [0.2, 0.25) is 11.8 Å². The molecule has 0 aromatic carbocycles. The maximum atomic E-state index is 11.3. The molecule has 8 N–H and O–H groups in total. The monoisotopic (exact) mass is 534 g/mol. The summed E-state index contributed by atoms with van der Waals surface area (Å²) in [6.07, 6.45) is 2.45. The molecule has 0 saturated heterocycles. The first-order valence-corrected chi connectivity index (χ1v) is 10.2. The first-order valence-electron chi connectivity index (χ1n) is 8.65. The number of halogens is 2. The average molecular weight is 536 g/mol. The zero-order valence-electron chi connectivity index (χ0n) is 16.7. The molecule has 0 saturated carbocycles. The summed E-state index contributed by atoms with van der Waals surface area (Å²) in [6, 6.07) is -1.63. The van der Waals surface area contributed by atoms with Crippen LogP contribution < -0.4 is 22.1 Å². The van der Waals surface area contributed by atoms with Gasteiger partial charge in [0, 0.05) is 0 Å². The number of aliphatic hydroxyl groups excluding tert-OH is 2. The molecule has 0 aliphatic carbocycles. The first kappa shape index (κ1) is 31.5. The fourth-order valence-corrected chi connectivity index (χ4v) is 1.79. The van der Waals surface area contributed by atoms with Crippen molar-refractivity contribution < 1.29 is 29.4 Å². The number of amides is 6. The smallest absolute Gasteiger partial charge is 0.318 e. The molecule has 0 bridgehead atoms. The Morgan fingerprint density at radius 2 is 0.929 bits per heavy atom. The maximum absolute atomic E-state index is 11.3. The fraction of sp³-hybridized carbons (Fsp3) is 0.750. The lowest BCUT2D eigenvalue weighted by atomic mass is 10.0. The molecule has 28 heavy (non-hydrogen) atoms. The Bertz CT molecular complexity index is 454. The van der Waals surface area contributed by atoms with Crippen LogP contribution in [0.1, 0.15) is 53.4 Å². The number of urea groups is 2. The quantitative estimate of drug-likeness (QED) is 0.266. The van der Waals surface area contributed by atoms with E-state index in [1.165, 1.54) is 0 Å². The van der Waals surface area contributed by atoms with E-state index < -0.39 is 20.7 Å². The number of hydrogen-bond donors (Lipinski definition) is 6. The summed E-state index contributed by atoms with van der Waals surface area (Å²) in [7, 11) is 0. The molecule has 0 rings (SSSR count). The lowest BCUT2D eigenvalue weighted by molar-refractivity contribution is -0.123. The number of carbonyl (C=O) groups excluding carboxylic acids is 4. The van der Waals surface area contributed by atoms with Crippen molar-refractivity contribution in [2.24, 2.45) is 11.5 Å². The molecule has 0 aliphatic heterocycles. The van der Waals surface area contributed by atoms with Gasteiger partial charge in [-0.2, -0.15) is 0 Å². The standard InChI is InChI=1S/2C7H13BrN2O2.C2H6O2/c2*1-3-7(8,4-2)5(11)10-6(9)12;3-1-2-4/h2*3-4H2,1-2H3,(H3,9,10,11,12);3-4H,1-2H2. The normalized spacial score (nSPS) is 10.4. The number of rotatable bonds is 7. The summed E-state index contributed by atoms with van der Waals surface area (Å²) >= 11 is 6.51. The van der Waals surface area contributed by atoms with E-state index in [-0.39, 0.29) is 25.0 Å². The summed E-state index contributed by atoms with van der Waals surface area (Å²) in [6.45, 7) is 7.19. The van der Waals surface area contributed by atoms with Gasteiger partial charge in [0.1, 0.15) is 8.65 Å². The second-order valence-corrected chi connectivity index (χ2v) is 8.46. The summed E-state index contributed by atoms with van der Waals surface area (Å²) < 4.78 is -1.33. The van der Waals surface area contributed by atoms with E-state index >= 15 is 0 Å². The molecule has 0 atom stereocenters. The molecule has 12 heteroatoms. The van der Waals surface area contributed by atoms with Crippen molar-refractivity contribution in [1.29, 1.82) is 0 Å². The van der Waals surface area contributed by atoms with E-state index in [0.29, 0.717) is 25.7 Å². The van der Waals surface area contributed by atoms with Crippen molar-refractivity contribution in [3.8, 4) is 0 Å². The zero-order chi connectivity index (χ0) is 23.0. The van der Waals surface area contributed by atoms with Gasteiger partial charge in [-0.05, 0) is 25.7 Å². The Morgan fingerprint density at radius 1 is 0.714 bits per heavy atom. The van der Waals surface area contributed by atoms with Crippen LogP contribution in [0.3, 0.4) is 0 Å². The van der Waals surface area contributed by atoms with E-state index in [1.54, 1.807) is 0 Å². The number of nitrogens with two attached hydrogens (primary N) is 2. The highest BCUT2D eigenvalue weighted by Crippen LogP contribution is 2.26. The predicted octanol–water partition coefficient (Wildman–Crippen LogP) is 1.24. The molecule has 0 heterocycles. The van der Waals surface area contributed by atoms with Gasteiger partial charge >= 0.3 is 12.1 Å². The number of nitrogens with one attached hydrogen (secondary N) is 2. The van der Waals surface area contributed by atoms with Crippen LogP contribution in [0.25, 0.3) is 0 Å². The van der Waals surface area contributed by atoms with Gasteiger partial charge in [-0.1, -0.05) is 59.6 Å². The number of aliphatic hydroxyl groups is 2.